The van der Waals surface area contributed by atoms with Gasteiger partial charge in [0.05, 0.1) is 12.2 Å². The predicted octanol–water partition coefficient (Wildman–Crippen LogP) is 3.00. The molecule has 2 aromatic rings. The third-order valence-electron chi connectivity index (χ3n) is 2.33. The summed E-state index contributed by atoms with van der Waals surface area (Å²) in [5.74, 6) is 0.165. The lowest BCUT2D eigenvalue weighted by atomic mass is 10.4. The molecule has 0 bridgehead atoms. The van der Waals surface area contributed by atoms with Gasteiger partial charge in [0, 0.05) is 36.7 Å². The van der Waals surface area contributed by atoms with Gasteiger partial charge in [0.15, 0.2) is 4.96 Å². The molecule has 3 nitrogen and oxygen atoms in total. The molecule has 18 heavy (non-hydrogen) atoms. The molecule has 0 atom stereocenters. The third-order valence-corrected chi connectivity index (χ3v) is 3.27. The van der Waals surface area contributed by atoms with Crippen LogP contribution < -0.4 is 0 Å². The third kappa shape index (κ3) is 3.60. The van der Waals surface area contributed by atoms with Crippen molar-refractivity contribution in [3.63, 3.8) is 0 Å². The SMILES string of the molecule is FC(F)(F)CN(CCCl)Cc1cn2ccsc2n1. The molecular formula is C10H11ClF3N3S. The van der Waals surface area contributed by atoms with Crippen LogP contribution >= 0.6 is 22.9 Å². The summed E-state index contributed by atoms with van der Waals surface area (Å²) in [4.78, 5) is 6.28. The van der Waals surface area contributed by atoms with E-state index in [-0.39, 0.29) is 19.0 Å². The van der Waals surface area contributed by atoms with Gasteiger partial charge in [-0.25, -0.2) is 4.98 Å². The van der Waals surface area contributed by atoms with Gasteiger partial charge in [0.1, 0.15) is 0 Å². The van der Waals surface area contributed by atoms with E-state index in [1.54, 1.807) is 10.6 Å². The van der Waals surface area contributed by atoms with Gasteiger partial charge in [0.25, 0.3) is 0 Å². The van der Waals surface area contributed by atoms with E-state index in [0.29, 0.717) is 5.69 Å². The van der Waals surface area contributed by atoms with Gasteiger partial charge in [-0.15, -0.1) is 22.9 Å². The monoisotopic (exact) mass is 297 g/mol. The molecule has 8 heteroatoms. The minimum Gasteiger partial charge on any atom is -0.297 e. The van der Waals surface area contributed by atoms with Crippen molar-refractivity contribution >= 4 is 27.9 Å². The summed E-state index contributed by atoms with van der Waals surface area (Å²) in [6.07, 6.45) is -0.654. The standard InChI is InChI=1S/C10H11ClF3N3S/c11-1-2-16(7-10(12,13)14)5-8-6-17-3-4-18-9(17)15-8/h3-4,6H,1-2,5,7H2. The highest BCUT2D eigenvalue weighted by Crippen LogP contribution is 2.19. The maximum Gasteiger partial charge on any atom is 0.401 e. The Kier molecular flexibility index (Phi) is 4.14. The Morgan fingerprint density at radius 3 is 2.83 bits per heavy atom. The van der Waals surface area contributed by atoms with Crippen LogP contribution in [-0.2, 0) is 6.54 Å². The lowest BCUT2D eigenvalue weighted by Gasteiger charge is -2.21. The lowest BCUT2D eigenvalue weighted by molar-refractivity contribution is -0.146. The topological polar surface area (TPSA) is 20.5 Å². The molecule has 0 saturated heterocycles. The van der Waals surface area contributed by atoms with E-state index in [2.05, 4.69) is 4.98 Å². The van der Waals surface area contributed by atoms with Gasteiger partial charge in [-0.1, -0.05) is 0 Å². The molecule has 0 N–H and O–H groups in total. The first-order valence-corrected chi connectivity index (χ1v) is 6.65. The van der Waals surface area contributed by atoms with Crippen LogP contribution in [0.3, 0.4) is 0 Å². The van der Waals surface area contributed by atoms with Crippen LogP contribution in [-0.4, -0.2) is 39.4 Å². The Morgan fingerprint density at radius 2 is 2.22 bits per heavy atom. The second kappa shape index (κ2) is 5.46. The first-order valence-electron chi connectivity index (χ1n) is 5.24. The first-order chi connectivity index (χ1) is 8.48. The minimum absolute atomic E-state index is 0.153. The average molecular weight is 298 g/mol. The number of hydrogen-bond donors (Lipinski definition) is 0. The highest BCUT2D eigenvalue weighted by Gasteiger charge is 2.30. The summed E-state index contributed by atoms with van der Waals surface area (Å²) in [6, 6.07) is 0. The predicted molar refractivity (Wildman–Crippen MR) is 65.1 cm³/mol. The molecule has 0 fully saturated rings. The van der Waals surface area contributed by atoms with E-state index < -0.39 is 12.7 Å². The van der Waals surface area contributed by atoms with Crippen molar-refractivity contribution in [2.75, 3.05) is 19.0 Å². The lowest BCUT2D eigenvalue weighted by Crippen LogP contribution is -2.35. The molecular weight excluding hydrogens is 287 g/mol. The molecule has 0 aliphatic rings. The fraction of sp³-hybridized carbons (Fsp3) is 0.500. The Morgan fingerprint density at radius 1 is 1.44 bits per heavy atom. The zero-order valence-corrected chi connectivity index (χ0v) is 10.9. The molecule has 0 saturated carbocycles. The van der Waals surface area contributed by atoms with Gasteiger partial charge < -0.3 is 0 Å². The number of imidazole rings is 1. The van der Waals surface area contributed by atoms with Crippen molar-refractivity contribution in [1.29, 1.82) is 0 Å². The zero-order chi connectivity index (χ0) is 13.2. The van der Waals surface area contributed by atoms with Crippen molar-refractivity contribution in [1.82, 2.24) is 14.3 Å². The molecule has 0 amide bonds. The Bertz CT molecular complexity index is 479. The van der Waals surface area contributed by atoms with Crippen LogP contribution in [0.1, 0.15) is 5.69 Å². The first kappa shape index (κ1) is 13.6. The van der Waals surface area contributed by atoms with Crippen LogP contribution in [0.5, 0.6) is 0 Å². The Labute approximate surface area is 111 Å². The van der Waals surface area contributed by atoms with Crippen LogP contribution in [0.2, 0.25) is 0 Å². The minimum atomic E-state index is -4.22. The highest BCUT2D eigenvalue weighted by atomic mass is 35.5. The van der Waals surface area contributed by atoms with E-state index in [0.717, 1.165) is 4.96 Å². The number of alkyl halides is 4. The number of nitrogens with zero attached hydrogens (tertiary/aromatic N) is 3. The fourth-order valence-electron chi connectivity index (χ4n) is 1.67. The molecule has 100 valence electrons. The molecule has 0 aliphatic carbocycles. The van der Waals surface area contributed by atoms with Gasteiger partial charge in [0.2, 0.25) is 0 Å². The highest BCUT2D eigenvalue weighted by molar-refractivity contribution is 7.15. The van der Waals surface area contributed by atoms with Gasteiger partial charge in [-0.3, -0.25) is 9.30 Å². The molecule has 0 radical (unpaired) electrons. The van der Waals surface area contributed by atoms with Crippen molar-refractivity contribution in [3.8, 4) is 0 Å². The van der Waals surface area contributed by atoms with Gasteiger partial charge >= 0.3 is 6.18 Å². The molecule has 2 aromatic heterocycles. The Balaban J connectivity index is 2.06. The zero-order valence-electron chi connectivity index (χ0n) is 9.32. The van der Waals surface area contributed by atoms with Crippen LogP contribution in [0, 0.1) is 0 Å². The van der Waals surface area contributed by atoms with Gasteiger partial charge in [-0.2, -0.15) is 13.2 Å². The number of thiazole rings is 1. The summed E-state index contributed by atoms with van der Waals surface area (Å²) < 4.78 is 38.9. The molecule has 0 unspecified atom stereocenters. The number of aromatic nitrogens is 2. The van der Waals surface area contributed by atoms with E-state index in [4.69, 9.17) is 11.6 Å². The van der Waals surface area contributed by atoms with Crippen LogP contribution in [0.25, 0.3) is 4.96 Å². The molecule has 0 aliphatic heterocycles. The van der Waals surface area contributed by atoms with E-state index in [1.165, 1.54) is 16.2 Å². The summed E-state index contributed by atoms with van der Waals surface area (Å²) in [5.41, 5.74) is 0.621. The molecule has 2 heterocycles. The smallest absolute Gasteiger partial charge is 0.297 e. The van der Waals surface area contributed by atoms with Crippen LogP contribution in [0.4, 0.5) is 13.2 Å². The normalized spacial score (nSPS) is 12.7. The molecule has 0 spiro atoms. The summed E-state index contributed by atoms with van der Waals surface area (Å²) >= 11 is 6.96. The molecule has 2 rings (SSSR count). The quantitative estimate of drug-likeness (QED) is 0.791. The van der Waals surface area contributed by atoms with E-state index >= 15 is 0 Å². The molecule has 0 aromatic carbocycles. The van der Waals surface area contributed by atoms with Crippen molar-refractivity contribution in [3.05, 3.63) is 23.5 Å². The van der Waals surface area contributed by atoms with Gasteiger partial charge in [-0.05, 0) is 0 Å². The maximum atomic E-state index is 12.4. The number of fused-ring (bicyclic) bond motifs is 1. The largest absolute Gasteiger partial charge is 0.401 e. The van der Waals surface area contributed by atoms with Crippen molar-refractivity contribution in [2.24, 2.45) is 0 Å². The second-order valence-corrected chi connectivity index (χ2v) is 5.09. The second-order valence-electron chi connectivity index (χ2n) is 3.84. The average Bonchev–Trinajstić information content (AvgIpc) is 2.75. The summed E-state index contributed by atoms with van der Waals surface area (Å²) in [7, 11) is 0. The summed E-state index contributed by atoms with van der Waals surface area (Å²) in [6.45, 7) is -0.627. The fourth-order valence-corrected chi connectivity index (χ4v) is 2.63. The number of hydrogen-bond acceptors (Lipinski definition) is 3. The maximum absolute atomic E-state index is 12.4. The number of halogens is 4. The number of rotatable bonds is 5. The van der Waals surface area contributed by atoms with E-state index in [1.807, 2.05) is 11.6 Å². The van der Waals surface area contributed by atoms with Crippen molar-refractivity contribution < 1.29 is 13.2 Å². The Hall–Kier alpha value is -0.790. The van der Waals surface area contributed by atoms with Crippen LogP contribution in [0.15, 0.2) is 17.8 Å². The van der Waals surface area contributed by atoms with E-state index in [9.17, 15) is 13.2 Å². The van der Waals surface area contributed by atoms with Crippen molar-refractivity contribution in [2.45, 2.75) is 12.7 Å². The summed E-state index contributed by atoms with van der Waals surface area (Å²) in [5, 5.41) is 1.87.